The van der Waals surface area contributed by atoms with E-state index in [1.807, 2.05) is 36.7 Å². The smallest absolute Gasteiger partial charge is 0.131 e. The number of hydrogen-bond donors (Lipinski definition) is 1. The van der Waals surface area contributed by atoms with Gasteiger partial charge >= 0.3 is 0 Å². The predicted molar refractivity (Wildman–Crippen MR) is 92.4 cm³/mol. The van der Waals surface area contributed by atoms with Gasteiger partial charge in [0.1, 0.15) is 12.4 Å². The highest BCUT2D eigenvalue weighted by atomic mass is 32.1. The third kappa shape index (κ3) is 4.87. The van der Waals surface area contributed by atoms with E-state index in [1.54, 1.807) is 17.5 Å². The van der Waals surface area contributed by atoms with Gasteiger partial charge in [0.25, 0.3) is 0 Å². The number of hydrogen-bond acceptors (Lipinski definition) is 5. The SMILES string of the molecule is Cc1nc(COc2ccc(CNCc3cccnc3)cc2)cs1. The molecule has 0 unspecified atom stereocenters. The number of nitrogens with zero attached hydrogens (tertiary/aromatic N) is 2. The highest BCUT2D eigenvalue weighted by Gasteiger charge is 2.00. The van der Waals surface area contributed by atoms with Gasteiger partial charge in [-0.1, -0.05) is 18.2 Å². The molecule has 1 N–H and O–H groups in total. The Hall–Kier alpha value is -2.24. The molecule has 0 aliphatic carbocycles. The molecule has 3 rings (SSSR count). The van der Waals surface area contributed by atoms with Gasteiger partial charge in [-0.05, 0) is 36.2 Å². The number of thiazole rings is 1. The van der Waals surface area contributed by atoms with Gasteiger partial charge in [-0.25, -0.2) is 4.98 Å². The van der Waals surface area contributed by atoms with Crippen molar-refractivity contribution in [1.82, 2.24) is 15.3 Å². The van der Waals surface area contributed by atoms with E-state index in [0.717, 1.165) is 29.5 Å². The molecule has 3 aromatic rings. The summed E-state index contributed by atoms with van der Waals surface area (Å²) in [6.45, 7) is 4.15. The topological polar surface area (TPSA) is 47.0 Å². The lowest BCUT2D eigenvalue weighted by atomic mass is 10.2. The quantitative estimate of drug-likeness (QED) is 0.719. The molecule has 0 aliphatic rings. The summed E-state index contributed by atoms with van der Waals surface area (Å²) in [6.07, 6.45) is 3.67. The zero-order valence-corrected chi connectivity index (χ0v) is 13.8. The fraction of sp³-hybridized carbons (Fsp3) is 0.222. The van der Waals surface area contributed by atoms with E-state index in [9.17, 15) is 0 Å². The van der Waals surface area contributed by atoms with Crippen molar-refractivity contribution < 1.29 is 4.74 Å². The summed E-state index contributed by atoms with van der Waals surface area (Å²) in [5, 5.41) is 6.51. The molecule has 0 amide bonds. The highest BCUT2D eigenvalue weighted by molar-refractivity contribution is 7.09. The molecule has 0 radical (unpaired) electrons. The second-order valence-corrected chi connectivity index (χ2v) is 6.32. The molecule has 0 spiro atoms. The van der Waals surface area contributed by atoms with Crippen molar-refractivity contribution in [2.24, 2.45) is 0 Å². The van der Waals surface area contributed by atoms with Crippen LogP contribution in [0.4, 0.5) is 0 Å². The lowest BCUT2D eigenvalue weighted by molar-refractivity contribution is 0.302. The average molecular weight is 325 g/mol. The molecule has 0 fully saturated rings. The Kier molecular flexibility index (Phi) is 5.34. The third-order valence-electron chi connectivity index (χ3n) is 3.36. The van der Waals surface area contributed by atoms with Crippen LogP contribution in [-0.4, -0.2) is 9.97 Å². The second kappa shape index (κ2) is 7.85. The van der Waals surface area contributed by atoms with Crippen molar-refractivity contribution in [3.05, 3.63) is 76.0 Å². The van der Waals surface area contributed by atoms with Crippen LogP contribution in [0.1, 0.15) is 21.8 Å². The van der Waals surface area contributed by atoms with Crippen LogP contribution in [0, 0.1) is 6.92 Å². The number of ether oxygens (including phenoxy) is 1. The summed E-state index contributed by atoms with van der Waals surface area (Å²) in [7, 11) is 0. The first-order valence-corrected chi connectivity index (χ1v) is 8.40. The number of pyridine rings is 1. The van der Waals surface area contributed by atoms with Gasteiger partial charge in [-0.15, -0.1) is 11.3 Å². The maximum absolute atomic E-state index is 5.75. The number of aromatic nitrogens is 2. The molecule has 0 saturated carbocycles. The minimum Gasteiger partial charge on any atom is -0.487 e. The van der Waals surface area contributed by atoms with Crippen LogP contribution in [0.5, 0.6) is 5.75 Å². The maximum atomic E-state index is 5.75. The average Bonchev–Trinajstić information content (AvgIpc) is 3.01. The van der Waals surface area contributed by atoms with Crippen LogP contribution in [-0.2, 0) is 19.7 Å². The lowest BCUT2D eigenvalue weighted by Crippen LogP contribution is -2.12. The van der Waals surface area contributed by atoms with E-state index in [0.29, 0.717) is 6.61 Å². The Labute approximate surface area is 140 Å². The van der Waals surface area contributed by atoms with E-state index < -0.39 is 0 Å². The summed E-state index contributed by atoms with van der Waals surface area (Å²) in [6, 6.07) is 12.2. The van der Waals surface area contributed by atoms with Crippen molar-refractivity contribution in [2.45, 2.75) is 26.6 Å². The van der Waals surface area contributed by atoms with E-state index in [2.05, 4.69) is 33.5 Å². The molecule has 0 aliphatic heterocycles. The molecule has 0 bridgehead atoms. The Morgan fingerprint density at radius 2 is 1.91 bits per heavy atom. The first kappa shape index (κ1) is 15.6. The van der Waals surface area contributed by atoms with Gasteiger partial charge in [0.15, 0.2) is 0 Å². The Bertz CT molecular complexity index is 726. The minimum atomic E-state index is 0.517. The van der Waals surface area contributed by atoms with Crippen LogP contribution in [0.15, 0.2) is 54.2 Å². The zero-order valence-electron chi connectivity index (χ0n) is 13.0. The van der Waals surface area contributed by atoms with Crippen LogP contribution < -0.4 is 10.1 Å². The van der Waals surface area contributed by atoms with Gasteiger partial charge in [0, 0.05) is 30.9 Å². The maximum Gasteiger partial charge on any atom is 0.131 e. The van der Waals surface area contributed by atoms with E-state index in [1.165, 1.54) is 11.1 Å². The van der Waals surface area contributed by atoms with E-state index >= 15 is 0 Å². The molecule has 4 nitrogen and oxygen atoms in total. The van der Waals surface area contributed by atoms with Crippen LogP contribution in [0.25, 0.3) is 0 Å². The van der Waals surface area contributed by atoms with Crippen molar-refractivity contribution in [2.75, 3.05) is 0 Å². The first-order chi connectivity index (χ1) is 11.3. The largest absolute Gasteiger partial charge is 0.487 e. The van der Waals surface area contributed by atoms with Crippen molar-refractivity contribution in [3.8, 4) is 5.75 Å². The van der Waals surface area contributed by atoms with Gasteiger partial charge < -0.3 is 10.1 Å². The Morgan fingerprint density at radius 1 is 1.09 bits per heavy atom. The fourth-order valence-electron chi connectivity index (χ4n) is 2.19. The molecule has 1 aromatic carbocycles. The fourth-order valence-corrected chi connectivity index (χ4v) is 2.79. The number of rotatable bonds is 7. The van der Waals surface area contributed by atoms with E-state index in [4.69, 9.17) is 4.74 Å². The Morgan fingerprint density at radius 3 is 2.61 bits per heavy atom. The molecule has 118 valence electrons. The first-order valence-electron chi connectivity index (χ1n) is 7.52. The number of nitrogens with one attached hydrogen (secondary N) is 1. The monoisotopic (exact) mass is 325 g/mol. The van der Waals surface area contributed by atoms with E-state index in [-0.39, 0.29) is 0 Å². The van der Waals surface area contributed by atoms with Crippen molar-refractivity contribution in [1.29, 1.82) is 0 Å². The van der Waals surface area contributed by atoms with Crippen LogP contribution in [0.3, 0.4) is 0 Å². The number of benzene rings is 1. The Balaban J connectivity index is 1.45. The van der Waals surface area contributed by atoms with Crippen LogP contribution in [0.2, 0.25) is 0 Å². The summed E-state index contributed by atoms with van der Waals surface area (Å²) in [5.74, 6) is 0.867. The molecule has 0 saturated heterocycles. The van der Waals surface area contributed by atoms with Gasteiger partial charge in [-0.3, -0.25) is 4.98 Å². The molecule has 5 heteroatoms. The highest BCUT2D eigenvalue weighted by Crippen LogP contribution is 2.15. The van der Waals surface area contributed by atoms with Crippen molar-refractivity contribution >= 4 is 11.3 Å². The molecule has 0 atom stereocenters. The molecular weight excluding hydrogens is 306 g/mol. The summed E-state index contributed by atoms with van der Waals surface area (Å²) >= 11 is 1.65. The van der Waals surface area contributed by atoms with Gasteiger partial charge in [0.2, 0.25) is 0 Å². The van der Waals surface area contributed by atoms with Gasteiger partial charge in [-0.2, -0.15) is 0 Å². The van der Waals surface area contributed by atoms with Gasteiger partial charge in [0.05, 0.1) is 10.7 Å². The summed E-state index contributed by atoms with van der Waals surface area (Å²) in [4.78, 5) is 8.50. The lowest BCUT2D eigenvalue weighted by Gasteiger charge is -2.07. The third-order valence-corrected chi connectivity index (χ3v) is 4.18. The summed E-state index contributed by atoms with van der Waals surface area (Å²) < 4.78 is 5.75. The normalized spacial score (nSPS) is 10.7. The molecule has 23 heavy (non-hydrogen) atoms. The predicted octanol–water partition coefficient (Wildman–Crippen LogP) is 3.72. The second-order valence-electron chi connectivity index (χ2n) is 5.26. The summed E-state index contributed by atoms with van der Waals surface area (Å²) in [5.41, 5.74) is 3.39. The molecule has 2 aromatic heterocycles. The minimum absolute atomic E-state index is 0.517. The zero-order chi connectivity index (χ0) is 15.9. The molecule has 2 heterocycles. The standard InChI is InChI=1S/C18H19N3OS/c1-14-21-17(13-23-14)12-22-18-6-4-15(5-7-18)9-20-11-16-3-2-8-19-10-16/h2-8,10,13,20H,9,11-12H2,1H3. The molecular formula is C18H19N3OS. The van der Waals surface area contributed by atoms with Crippen LogP contribution >= 0.6 is 11.3 Å². The number of aryl methyl sites for hydroxylation is 1. The van der Waals surface area contributed by atoms with Crippen molar-refractivity contribution in [3.63, 3.8) is 0 Å².